The van der Waals surface area contributed by atoms with Crippen molar-refractivity contribution >= 4 is 39.5 Å². The normalized spacial score (nSPS) is 13.8. The van der Waals surface area contributed by atoms with E-state index in [2.05, 4.69) is 58.9 Å². The van der Waals surface area contributed by atoms with Crippen LogP contribution < -0.4 is 0 Å². The molecule has 19 heteroatoms. The second kappa shape index (κ2) is 82.1. The fourth-order valence-electron chi connectivity index (χ4n) is 13.6. The van der Waals surface area contributed by atoms with Crippen LogP contribution in [-0.4, -0.2) is 96.7 Å². The molecule has 0 saturated carbocycles. The van der Waals surface area contributed by atoms with Crippen molar-refractivity contribution in [1.82, 2.24) is 0 Å². The lowest BCUT2D eigenvalue weighted by atomic mass is 10.0. The number of ether oxygens (including phenoxy) is 4. The third kappa shape index (κ3) is 83.3. The summed E-state index contributed by atoms with van der Waals surface area (Å²) in [5.41, 5.74) is 0. The number of carbonyl (C=O) groups is 4. The summed E-state index contributed by atoms with van der Waals surface area (Å²) in [6, 6.07) is 0. The summed E-state index contributed by atoms with van der Waals surface area (Å²) >= 11 is 0. The zero-order valence-electron chi connectivity index (χ0n) is 71.2. The van der Waals surface area contributed by atoms with Gasteiger partial charge in [-0.05, 0) is 57.3 Å². The molecule has 0 heterocycles. The van der Waals surface area contributed by atoms with Crippen LogP contribution in [-0.2, 0) is 65.4 Å². The van der Waals surface area contributed by atoms with Gasteiger partial charge in [-0.15, -0.1) is 0 Å². The molecule has 0 radical (unpaired) electrons. The molecule has 0 saturated heterocycles. The largest absolute Gasteiger partial charge is 0.472 e. The van der Waals surface area contributed by atoms with Crippen molar-refractivity contribution in [3.05, 3.63) is 24.3 Å². The van der Waals surface area contributed by atoms with Gasteiger partial charge < -0.3 is 33.8 Å². The molecule has 0 rings (SSSR count). The van der Waals surface area contributed by atoms with E-state index in [9.17, 15) is 43.2 Å². The van der Waals surface area contributed by atoms with E-state index < -0.39 is 97.5 Å². The Morgan fingerprint density at radius 2 is 0.495 bits per heavy atom. The van der Waals surface area contributed by atoms with Gasteiger partial charge in [0.2, 0.25) is 0 Å². The zero-order chi connectivity index (χ0) is 79.7. The highest BCUT2D eigenvalue weighted by Crippen LogP contribution is 2.45. The third-order valence-electron chi connectivity index (χ3n) is 20.7. The van der Waals surface area contributed by atoms with E-state index in [4.69, 9.17) is 37.0 Å². The van der Waals surface area contributed by atoms with Crippen molar-refractivity contribution < 1.29 is 80.2 Å². The number of carbonyl (C=O) groups excluding carboxylic acids is 4. The van der Waals surface area contributed by atoms with Crippen LogP contribution in [0.2, 0.25) is 0 Å². The van der Waals surface area contributed by atoms with E-state index in [0.29, 0.717) is 31.6 Å². The fourth-order valence-corrected chi connectivity index (χ4v) is 15.2. The molecule has 2 unspecified atom stereocenters. The smallest absolute Gasteiger partial charge is 0.462 e. The van der Waals surface area contributed by atoms with Crippen LogP contribution in [0.5, 0.6) is 0 Å². The van der Waals surface area contributed by atoms with Crippen molar-refractivity contribution in [3.63, 3.8) is 0 Å². The number of phosphoric ester groups is 2. The van der Waals surface area contributed by atoms with Gasteiger partial charge in [0.1, 0.15) is 19.3 Å². The highest BCUT2D eigenvalue weighted by molar-refractivity contribution is 7.47. The Balaban J connectivity index is 5.22. The number of esters is 4. The maximum Gasteiger partial charge on any atom is 0.472 e. The summed E-state index contributed by atoms with van der Waals surface area (Å²) in [6.07, 6.45) is 80.4. The molecule has 109 heavy (non-hydrogen) atoms. The topological polar surface area (TPSA) is 237 Å². The first-order chi connectivity index (χ1) is 53.0. The molecule has 0 aromatic heterocycles. The number of hydrogen-bond donors (Lipinski definition) is 3. The van der Waals surface area contributed by atoms with Gasteiger partial charge in [-0.25, -0.2) is 9.13 Å². The van der Waals surface area contributed by atoms with Crippen LogP contribution in [0.15, 0.2) is 24.3 Å². The van der Waals surface area contributed by atoms with E-state index in [1.807, 2.05) is 0 Å². The molecule has 0 aliphatic heterocycles. The van der Waals surface area contributed by atoms with Crippen LogP contribution in [0.4, 0.5) is 0 Å². The molecule has 5 atom stereocenters. The lowest BCUT2D eigenvalue weighted by Gasteiger charge is -2.21. The molecule has 0 bridgehead atoms. The number of aliphatic hydroxyl groups is 1. The maximum absolute atomic E-state index is 13.2. The van der Waals surface area contributed by atoms with E-state index >= 15 is 0 Å². The van der Waals surface area contributed by atoms with Gasteiger partial charge >= 0.3 is 39.5 Å². The maximum atomic E-state index is 13.2. The summed E-state index contributed by atoms with van der Waals surface area (Å²) in [6.45, 7) is 7.25. The zero-order valence-corrected chi connectivity index (χ0v) is 73.0. The van der Waals surface area contributed by atoms with E-state index in [1.165, 1.54) is 270 Å². The predicted molar refractivity (Wildman–Crippen MR) is 451 cm³/mol. The molecular formula is C90H172O17P2. The highest BCUT2D eigenvalue weighted by Gasteiger charge is 2.30. The summed E-state index contributed by atoms with van der Waals surface area (Å²) < 4.78 is 68.9. The Hall–Kier alpha value is -2.46. The van der Waals surface area contributed by atoms with Crippen molar-refractivity contribution in [2.24, 2.45) is 5.92 Å². The van der Waals surface area contributed by atoms with Crippen LogP contribution in [0.1, 0.15) is 465 Å². The average molecular weight is 1590 g/mol. The van der Waals surface area contributed by atoms with Gasteiger partial charge in [0.15, 0.2) is 12.2 Å². The lowest BCUT2D eigenvalue weighted by molar-refractivity contribution is -0.161. The Bertz CT molecular complexity index is 2160. The Kier molecular flexibility index (Phi) is 80.2. The van der Waals surface area contributed by atoms with Crippen molar-refractivity contribution in [2.75, 3.05) is 39.6 Å². The second-order valence-corrected chi connectivity index (χ2v) is 35.0. The molecule has 17 nitrogen and oxygen atoms in total. The molecule has 0 spiro atoms. The number of hydrogen-bond acceptors (Lipinski definition) is 15. The molecule has 0 aliphatic carbocycles. The first-order valence-corrected chi connectivity index (χ1v) is 48.9. The number of unbranched alkanes of at least 4 members (excludes halogenated alkanes) is 57. The van der Waals surface area contributed by atoms with Crippen LogP contribution in [0.3, 0.4) is 0 Å². The summed E-state index contributed by atoms with van der Waals surface area (Å²) in [4.78, 5) is 73.3. The van der Waals surface area contributed by atoms with Gasteiger partial charge in [-0.2, -0.15) is 0 Å². The van der Waals surface area contributed by atoms with E-state index in [0.717, 1.165) is 109 Å². The van der Waals surface area contributed by atoms with Gasteiger partial charge in [-0.3, -0.25) is 37.3 Å². The highest BCUT2D eigenvalue weighted by atomic mass is 31.2. The van der Waals surface area contributed by atoms with Gasteiger partial charge in [-0.1, -0.05) is 412 Å². The van der Waals surface area contributed by atoms with Crippen LogP contribution in [0, 0.1) is 5.92 Å². The van der Waals surface area contributed by atoms with Gasteiger partial charge in [0.05, 0.1) is 26.4 Å². The minimum Gasteiger partial charge on any atom is -0.462 e. The Morgan fingerprint density at radius 1 is 0.284 bits per heavy atom. The minimum atomic E-state index is -4.97. The van der Waals surface area contributed by atoms with Gasteiger partial charge in [0, 0.05) is 25.7 Å². The first kappa shape index (κ1) is 107. The van der Waals surface area contributed by atoms with Crippen molar-refractivity contribution in [2.45, 2.75) is 483 Å². The monoisotopic (exact) mass is 1590 g/mol. The van der Waals surface area contributed by atoms with Crippen molar-refractivity contribution in [3.8, 4) is 0 Å². The summed E-state index contributed by atoms with van der Waals surface area (Å²) in [5, 5.41) is 10.7. The second-order valence-electron chi connectivity index (χ2n) is 32.1. The fraction of sp³-hybridized carbons (Fsp3) is 0.911. The number of allylic oxidation sites excluding steroid dienone is 4. The van der Waals surface area contributed by atoms with Crippen molar-refractivity contribution in [1.29, 1.82) is 0 Å². The molecule has 0 amide bonds. The standard InChI is InChI=1S/C90H172O17P2/c1-6-9-12-15-18-21-24-27-30-32-34-36-38-40-42-45-47-50-53-58-63-68-73-87(92)100-79-85(106-89(94)76-71-66-60-55-52-49-46-43-41-39-37-35-33-31-28-25-22-19-16-13-10-7-2)81-104-108(96,97)102-77-84(91)78-103-109(98,99)105-82-86(80-101-88(93)74-69-64-61-56-57-62-67-72-83(4)5)107-90(95)75-70-65-59-54-51-48-44-29-26-23-20-17-14-11-8-3/h23,26,29,44,83-86,91H,6-22,24-25,27-28,30-43,45-82H2,1-5H3,(H,96,97)(H,98,99)/b26-23-,44-29-/t84-,85-,86-/m1/s1. The number of aliphatic hydroxyl groups excluding tert-OH is 1. The number of rotatable bonds is 88. The lowest BCUT2D eigenvalue weighted by Crippen LogP contribution is -2.30. The Morgan fingerprint density at radius 3 is 0.752 bits per heavy atom. The predicted octanol–water partition coefficient (Wildman–Crippen LogP) is 27.5. The first-order valence-electron chi connectivity index (χ1n) is 46.0. The molecule has 0 aromatic carbocycles. The Labute approximate surface area is 669 Å². The summed E-state index contributed by atoms with van der Waals surface area (Å²) in [7, 11) is -9.94. The molecule has 0 aromatic rings. The van der Waals surface area contributed by atoms with E-state index in [-0.39, 0.29) is 25.7 Å². The summed E-state index contributed by atoms with van der Waals surface area (Å²) in [5.74, 6) is -1.43. The van der Waals surface area contributed by atoms with Crippen LogP contribution in [0.25, 0.3) is 0 Å². The minimum absolute atomic E-state index is 0.0848. The third-order valence-corrected chi connectivity index (χ3v) is 22.6. The van der Waals surface area contributed by atoms with E-state index in [1.54, 1.807) is 0 Å². The average Bonchev–Trinajstić information content (AvgIpc) is 0.900. The molecule has 3 N–H and O–H groups in total. The quantitative estimate of drug-likeness (QED) is 0.0169. The van der Waals surface area contributed by atoms with Crippen LogP contribution >= 0.6 is 15.6 Å². The molecule has 644 valence electrons. The molecule has 0 aliphatic rings. The molecular weight excluding hydrogens is 1410 g/mol. The number of phosphoric acid groups is 2. The van der Waals surface area contributed by atoms with Gasteiger partial charge in [0.25, 0.3) is 0 Å². The molecule has 0 fully saturated rings. The SMILES string of the molecule is CCCCCC/C=C\C=C/CCCCCCCC(=O)O[C@H](COC(=O)CCCCCCCCCC(C)C)COP(=O)(O)OC[C@H](O)COP(=O)(O)OC[C@@H](COC(=O)CCCCCCCCCCCCCCCCCCCCCCCC)OC(=O)CCCCCCCCCCCCCCCCCCCCCCCC.